The summed E-state index contributed by atoms with van der Waals surface area (Å²) in [5.41, 5.74) is 8.54. The van der Waals surface area contributed by atoms with E-state index in [4.69, 9.17) is 30.4 Å². The number of methoxy groups -OCH3 is 1. The highest BCUT2D eigenvalue weighted by Crippen LogP contribution is 2.40. The van der Waals surface area contributed by atoms with E-state index in [1.807, 2.05) is 13.8 Å². The molecule has 9 rings (SSSR count). The lowest BCUT2D eigenvalue weighted by atomic mass is 10.0. The molecule has 0 fully saturated rings. The van der Waals surface area contributed by atoms with E-state index in [0.717, 1.165) is 11.3 Å². The summed E-state index contributed by atoms with van der Waals surface area (Å²) >= 11 is 7.19. The van der Waals surface area contributed by atoms with Crippen molar-refractivity contribution in [3.63, 3.8) is 0 Å². The van der Waals surface area contributed by atoms with Gasteiger partial charge in [-0.15, -0.1) is 68.0 Å². The second-order valence-corrected chi connectivity index (χ2v) is 24.5. The fourth-order valence-corrected chi connectivity index (χ4v) is 13.8. The number of aromatic nitrogens is 7. The number of ether oxygens (including phenoxy) is 1. The average Bonchev–Trinajstić information content (AvgIpc) is 4.38. The number of hydrogen-bond acceptors (Lipinski definition) is 23. The highest BCUT2D eigenvalue weighted by Gasteiger charge is 2.33. The Morgan fingerprint density at radius 1 is 0.728 bits per heavy atom. The maximum Gasteiger partial charge on any atom is 0.271 e. The number of aliphatic hydroxyl groups excluding tert-OH is 2. The molecule has 10 N–H and O–H groups in total. The zero-order valence-electron chi connectivity index (χ0n) is 44.0. The summed E-state index contributed by atoms with van der Waals surface area (Å²) < 4.78 is 5.44. The van der Waals surface area contributed by atoms with Crippen molar-refractivity contribution in [2.75, 3.05) is 32.6 Å². The van der Waals surface area contributed by atoms with Gasteiger partial charge in [0.15, 0.2) is 0 Å². The van der Waals surface area contributed by atoms with Crippen LogP contribution in [0.3, 0.4) is 0 Å². The molecular formula is C52H54N14O9S6. The van der Waals surface area contributed by atoms with Gasteiger partial charge in [0.25, 0.3) is 17.7 Å². The van der Waals surface area contributed by atoms with E-state index in [1.165, 1.54) is 70.8 Å². The molecule has 0 saturated heterocycles. The first kappa shape index (κ1) is 58.5. The molecule has 6 amide bonds. The van der Waals surface area contributed by atoms with Crippen LogP contribution in [0.1, 0.15) is 119 Å². The third kappa shape index (κ3) is 13.8. The molecule has 23 nitrogen and oxygen atoms in total. The number of benzene rings is 1. The van der Waals surface area contributed by atoms with Crippen LogP contribution >= 0.6 is 68.0 Å². The average molecular weight is 1210 g/mol. The summed E-state index contributed by atoms with van der Waals surface area (Å²) in [6.45, 7) is 4.72. The van der Waals surface area contributed by atoms with Gasteiger partial charge in [0.1, 0.15) is 82.2 Å². The molecule has 1 aromatic carbocycles. The third-order valence-corrected chi connectivity index (χ3v) is 18.2. The first-order valence-corrected chi connectivity index (χ1v) is 30.2. The number of anilines is 1. The highest BCUT2D eigenvalue weighted by atomic mass is 32.1. The number of aliphatic hydroxyl groups is 2. The molecule has 1 aliphatic heterocycles. The summed E-state index contributed by atoms with van der Waals surface area (Å²) in [5.74, 6) is -3.15. The lowest BCUT2D eigenvalue weighted by molar-refractivity contribution is -0.122. The SMILES string of the molecule is CNC(=O)C[C@@H]1NC(=O)c2csc(n2)-c2ccc(-c3nc(NC(=O)CC[C@H](N)CO)cs3)nc2-c2csc(n2)-c2csc(n2)[C@H]([C@@H](O)c2ccccc2)NC(=O)CNC(=O)c2nc(sc2COC)[C@H](C(C)C)NC(=O)c2nc1sc2C. The molecule has 1 aliphatic rings. The largest absolute Gasteiger partial charge is 0.395 e. The third-order valence-electron chi connectivity index (χ3n) is 12.5. The van der Waals surface area contributed by atoms with E-state index in [0.29, 0.717) is 79.5 Å². The van der Waals surface area contributed by atoms with Crippen molar-refractivity contribution in [1.29, 1.82) is 0 Å². The molecular weight excluding hydrogens is 1160 g/mol. The van der Waals surface area contributed by atoms with Crippen LogP contribution in [-0.4, -0.2) is 114 Å². The minimum Gasteiger partial charge on any atom is -0.395 e. The summed E-state index contributed by atoms with van der Waals surface area (Å²) in [7, 11) is 2.94. The number of carbonyl (C=O) groups excluding carboxylic acids is 6. The van der Waals surface area contributed by atoms with Gasteiger partial charge in [-0.2, -0.15) is 0 Å². The Balaban J connectivity index is 1.12. The number of amides is 6. The van der Waals surface area contributed by atoms with Crippen LogP contribution in [-0.2, 0) is 25.7 Å². The van der Waals surface area contributed by atoms with Gasteiger partial charge in [0, 0.05) is 58.6 Å². The summed E-state index contributed by atoms with van der Waals surface area (Å²) in [6.07, 6.45) is -1.12. The van der Waals surface area contributed by atoms with Crippen molar-refractivity contribution < 1.29 is 43.7 Å². The van der Waals surface area contributed by atoms with Gasteiger partial charge < -0.3 is 52.6 Å². The molecule has 7 aromatic heterocycles. The lowest BCUT2D eigenvalue weighted by Crippen LogP contribution is -2.40. The number of aryl methyl sites for hydroxylation is 1. The molecule has 0 saturated carbocycles. The topological polar surface area (TPSA) is 341 Å². The van der Waals surface area contributed by atoms with Gasteiger partial charge in [-0.1, -0.05) is 44.2 Å². The zero-order chi connectivity index (χ0) is 57.5. The standard InChI is InChI=1S/C52H54N14O9S6/c1-23(2)38-52-66-41(33(81-52)18-75-5)45(73)55-16-37(70)63-42(43(71)25-9-7-6-8-10-25)51-60-32(21-78-51)49-58-30(19-77-49)40-27(12-13-28(56-40)48-62-34(22-79-48)61-35(68)14-11-26(53)17-67)47-59-31(20-76-47)44(72)57-29(15-36(69)54-4)50-65-39(24(3)80-50)46(74)64-38/h6-10,12-13,19-23,26,29,38,42-43,67,71H,11,14-18,53H2,1-5H3,(H,54,69)(H,55,73)(H,57,72)(H,61,68)(H,63,70)(H,64,74)/t26-,29-,38-,42-,43-/m0/s1. The van der Waals surface area contributed by atoms with Gasteiger partial charge in [0.05, 0.1) is 48.8 Å². The Kier molecular flexibility index (Phi) is 18.9. The van der Waals surface area contributed by atoms with Crippen molar-refractivity contribution in [3.8, 4) is 43.4 Å². The smallest absolute Gasteiger partial charge is 0.271 e. The molecule has 29 heteroatoms. The Bertz CT molecular complexity index is 3590. The molecule has 0 unspecified atom stereocenters. The summed E-state index contributed by atoms with van der Waals surface area (Å²) in [5, 5.41) is 47.2. The molecule has 0 spiro atoms. The highest BCUT2D eigenvalue weighted by molar-refractivity contribution is 7.15. The molecule has 422 valence electrons. The number of fused-ring (bicyclic) bond motifs is 14. The second-order valence-electron chi connectivity index (χ2n) is 18.7. The molecule has 8 heterocycles. The summed E-state index contributed by atoms with van der Waals surface area (Å²) in [4.78, 5) is 117. The maximum atomic E-state index is 14.3. The van der Waals surface area contributed by atoms with E-state index in [9.17, 15) is 39.0 Å². The monoisotopic (exact) mass is 1210 g/mol. The van der Waals surface area contributed by atoms with Crippen LogP contribution < -0.4 is 37.6 Å². The minimum atomic E-state index is -1.27. The minimum absolute atomic E-state index is 0.00125. The van der Waals surface area contributed by atoms with E-state index < -0.39 is 66.4 Å². The fraction of sp³-hybridized carbons (Fsp3) is 0.327. The Labute approximate surface area is 487 Å². The Morgan fingerprint density at radius 2 is 1.44 bits per heavy atom. The number of nitrogens with zero attached hydrogens (tertiary/aromatic N) is 7. The number of nitrogens with two attached hydrogens (primary N) is 1. The van der Waals surface area contributed by atoms with E-state index in [2.05, 4.69) is 46.9 Å². The van der Waals surface area contributed by atoms with Gasteiger partial charge in [-0.25, -0.2) is 34.9 Å². The van der Waals surface area contributed by atoms with Crippen LogP contribution in [0.5, 0.6) is 0 Å². The van der Waals surface area contributed by atoms with E-state index >= 15 is 0 Å². The van der Waals surface area contributed by atoms with Gasteiger partial charge in [0.2, 0.25) is 17.7 Å². The molecule has 10 bridgehead atoms. The molecule has 8 aromatic rings. The van der Waals surface area contributed by atoms with Crippen LogP contribution in [0.4, 0.5) is 5.82 Å². The predicted octanol–water partition coefficient (Wildman–Crippen LogP) is 6.35. The van der Waals surface area contributed by atoms with E-state index in [-0.39, 0.29) is 61.4 Å². The second kappa shape index (κ2) is 26.2. The number of carbonyl (C=O) groups is 6. The van der Waals surface area contributed by atoms with Crippen molar-refractivity contribution in [1.82, 2.24) is 61.5 Å². The molecule has 81 heavy (non-hydrogen) atoms. The fourth-order valence-electron chi connectivity index (χ4n) is 8.25. The number of thiazole rings is 6. The number of hydrogen-bond donors (Lipinski definition) is 9. The molecule has 0 aliphatic carbocycles. The number of pyridine rings is 1. The lowest BCUT2D eigenvalue weighted by Gasteiger charge is -2.23. The normalized spacial score (nSPS) is 16.9. The van der Waals surface area contributed by atoms with Crippen LogP contribution in [0, 0.1) is 12.8 Å². The van der Waals surface area contributed by atoms with Crippen molar-refractivity contribution in [2.45, 2.75) is 76.9 Å². The Hall–Kier alpha value is -7.19. The molecule has 0 radical (unpaired) electrons. The van der Waals surface area contributed by atoms with Crippen LogP contribution in [0.15, 0.2) is 64.0 Å². The predicted molar refractivity (Wildman–Crippen MR) is 310 cm³/mol. The number of nitrogens with one attached hydrogen (secondary N) is 6. The van der Waals surface area contributed by atoms with Crippen molar-refractivity contribution in [3.05, 3.63) is 111 Å². The zero-order valence-corrected chi connectivity index (χ0v) is 48.9. The van der Waals surface area contributed by atoms with Crippen LogP contribution in [0.25, 0.3) is 43.4 Å². The first-order valence-electron chi connectivity index (χ1n) is 25.1. The Morgan fingerprint density at radius 3 is 2.20 bits per heavy atom. The summed E-state index contributed by atoms with van der Waals surface area (Å²) in [6, 6.07) is 8.97. The molecule has 5 atom stereocenters. The first-order chi connectivity index (χ1) is 39.0. The van der Waals surface area contributed by atoms with E-state index in [1.54, 1.807) is 70.9 Å². The quantitative estimate of drug-likeness (QED) is 0.0607. The number of rotatable bonds is 13. The van der Waals surface area contributed by atoms with Crippen LogP contribution in [0.2, 0.25) is 0 Å². The van der Waals surface area contributed by atoms with Crippen molar-refractivity contribution >= 4 is 109 Å². The van der Waals surface area contributed by atoms with Gasteiger partial charge in [-0.05, 0) is 37.0 Å². The van der Waals surface area contributed by atoms with Gasteiger partial charge >= 0.3 is 0 Å². The van der Waals surface area contributed by atoms with Crippen molar-refractivity contribution in [2.24, 2.45) is 11.7 Å². The van der Waals surface area contributed by atoms with Gasteiger partial charge in [-0.3, -0.25) is 28.8 Å². The maximum absolute atomic E-state index is 14.3.